The zero-order chi connectivity index (χ0) is 16.1. The summed E-state index contributed by atoms with van der Waals surface area (Å²) in [6.45, 7) is 1.51. The molecular weight excluding hydrogens is 308 g/mol. The molecule has 0 aliphatic rings. The number of nitrogens with one attached hydrogen (secondary N) is 2. The normalized spacial score (nSPS) is 11.5. The number of anilines is 1. The average molecular weight is 320 g/mol. The number of carbonyl (C=O) groups is 2. The van der Waals surface area contributed by atoms with E-state index in [-0.39, 0.29) is 11.3 Å². The molecule has 114 valence electrons. The molecule has 2 rings (SSSR count). The van der Waals surface area contributed by atoms with Crippen molar-refractivity contribution in [3.05, 3.63) is 51.5 Å². The van der Waals surface area contributed by atoms with Crippen molar-refractivity contribution >= 4 is 34.0 Å². The van der Waals surface area contributed by atoms with E-state index in [4.69, 9.17) is 0 Å². The summed E-state index contributed by atoms with van der Waals surface area (Å²) >= 11 is 1.26. The van der Waals surface area contributed by atoms with Crippen molar-refractivity contribution in [2.24, 2.45) is 0 Å². The second-order valence-electron chi connectivity index (χ2n) is 4.33. The van der Waals surface area contributed by atoms with Crippen molar-refractivity contribution in [3.63, 3.8) is 0 Å². The fourth-order valence-corrected chi connectivity index (χ4v) is 2.14. The van der Waals surface area contributed by atoms with Crippen LogP contribution in [0.2, 0.25) is 0 Å². The molecule has 0 unspecified atom stereocenters. The first-order chi connectivity index (χ1) is 10.5. The number of carbonyl (C=O) groups excluding carboxylic acids is 2. The quantitative estimate of drug-likeness (QED) is 0.644. The molecule has 0 spiro atoms. The van der Waals surface area contributed by atoms with Crippen LogP contribution in [0.15, 0.2) is 35.8 Å². The second-order valence-corrected chi connectivity index (χ2v) is 5.22. The number of thiazole rings is 1. The first-order valence-corrected chi connectivity index (χ1v) is 7.11. The summed E-state index contributed by atoms with van der Waals surface area (Å²) in [6.07, 6.45) is 1.55. The minimum Gasteiger partial charge on any atom is -0.341 e. The lowest BCUT2D eigenvalue weighted by Gasteiger charge is -2.12. The molecule has 8 nitrogen and oxygen atoms in total. The smallest absolute Gasteiger partial charge is 0.270 e. The average Bonchev–Trinajstić information content (AvgIpc) is 3.00. The summed E-state index contributed by atoms with van der Waals surface area (Å²) in [4.78, 5) is 37.9. The third kappa shape index (κ3) is 3.85. The predicted molar refractivity (Wildman–Crippen MR) is 80.8 cm³/mol. The Morgan fingerprint density at radius 1 is 1.41 bits per heavy atom. The number of benzene rings is 1. The molecular formula is C13H12N4O4S. The maximum atomic E-state index is 12.0. The van der Waals surface area contributed by atoms with Gasteiger partial charge in [0, 0.05) is 29.3 Å². The van der Waals surface area contributed by atoms with Crippen LogP contribution in [0.25, 0.3) is 0 Å². The minimum absolute atomic E-state index is 0.114. The molecule has 0 radical (unpaired) electrons. The van der Waals surface area contributed by atoms with E-state index in [2.05, 4.69) is 15.6 Å². The predicted octanol–water partition coefficient (Wildman–Crippen LogP) is 1.81. The van der Waals surface area contributed by atoms with E-state index in [9.17, 15) is 19.7 Å². The molecule has 0 saturated heterocycles. The summed E-state index contributed by atoms with van der Waals surface area (Å²) in [7, 11) is 0. The first kappa shape index (κ1) is 15.6. The van der Waals surface area contributed by atoms with Gasteiger partial charge in [-0.3, -0.25) is 19.7 Å². The summed E-state index contributed by atoms with van der Waals surface area (Å²) in [5.41, 5.74) is -0.0735. The van der Waals surface area contributed by atoms with Gasteiger partial charge in [0.2, 0.25) is 5.91 Å². The van der Waals surface area contributed by atoms with Crippen molar-refractivity contribution in [2.75, 3.05) is 5.32 Å². The molecule has 1 heterocycles. The number of hydrogen-bond donors (Lipinski definition) is 2. The van der Waals surface area contributed by atoms with Gasteiger partial charge in [-0.15, -0.1) is 11.3 Å². The van der Waals surface area contributed by atoms with Gasteiger partial charge in [-0.2, -0.15) is 0 Å². The van der Waals surface area contributed by atoms with Crippen molar-refractivity contribution < 1.29 is 14.5 Å². The van der Waals surface area contributed by atoms with Crippen molar-refractivity contribution in [1.29, 1.82) is 0 Å². The lowest BCUT2D eigenvalue weighted by atomic mass is 10.1. The first-order valence-electron chi connectivity index (χ1n) is 6.23. The molecule has 0 fully saturated rings. The summed E-state index contributed by atoms with van der Waals surface area (Å²) in [5, 5.41) is 17.9. The number of hydrogen-bond acceptors (Lipinski definition) is 6. The van der Waals surface area contributed by atoms with Crippen LogP contribution in [0.3, 0.4) is 0 Å². The fraction of sp³-hybridized carbons (Fsp3) is 0.154. The highest BCUT2D eigenvalue weighted by molar-refractivity contribution is 7.13. The van der Waals surface area contributed by atoms with Gasteiger partial charge in [-0.05, 0) is 13.0 Å². The third-order valence-corrected chi connectivity index (χ3v) is 3.41. The topological polar surface area (TPSA) is 114 Å². The van der Waals surface area contributed by atoms with Crippen molar-refractivity contribution in [1.82, 2.24) is 10.3 Å². The van der Waals surface area contributed by atoms with Crippen LogP contribution in [-0.2, 0) is 4.79 Å². The van der Waals surface area contributed by atoms with Crippen LogP contribution in [0, 0.1) is 10.1 Å². The largest absolute Gasteiger partial charge is 0.341 e. The number of non-ortho nitro benzene ring substituents is 1. The minimum atomic E-state index is -0.810. The molecule has 2 N–H and O–H groups in total. The van der Waals surface area contributed by atoms with E-state index < -0.39 is 22.8 Å². The number of rotatable bonds is 5. The molecule has 0 bridgehead atoms. The number of nitro benzene ring substituents is 1. The zero-order valence-electron chi connectivity index (χ0n) is 11.5. The number of nitrogens with zero attached hydrogens (tertiary/aromatic N) is 2. The summed E-state index contributed by atoms with van der Waals surface area (Å²) in [6, 6.07) is 4.48. The Morgan fingerprint density at radius 2 is 2.18 bits per heavy atom. The molecule has 1 atom stereocenters. The van der Waals surface area contributed by atoms with E-state index in [1.165, 1.54) is 36.5 Å². The van der Waals surface area contributed by atoms with Crippen LogP contribution in [0.4, 0.5) is 10.8 Å². The Labute approximate surface area is 129 Å². The molecule has 1 aromatic carbocycles. The Bertz CT molecular complexity index is 702. The van der Waals surface area contributed by atoms with E-state index >= 15 is 0 Å². The Kier molecular flexibility index (Phi) is 4.79. The van der Waals surface area contributed by atoms with Gasteiger partial charge >= 0.3 is 0 Å². The van der Waals surface area contributed by atoms with Crippen LogP contribution in [0.1, 0.15) is 17.3 Å². The van der Waals surface area contributed by atoms with E-state index in [1.54, 1.807) is 11.6 Å². The van der Waals surface area contributed by atoms with Crippen molar-refractivity contribution in [2.45, 2.75) is 13.0 Å². The van der Waals surface area contributed by atoms with Crippen LogP contribution >= 0.6 is 11.3 Å². The molecule has 2 aromatic rings. The molecule has 2 amide bonds. The van der Waals surface area contributed by atoms with Gasteiger partial charge in [0.15, 0.2) is 5.13 Å². The van der Waals surface area contributed by atoms with Gasteiger partial charge in [0.05, 0.1) is 4.92 Å². The second kappa shape index (κ2) is 6.76. The Morgan fingerprint density at radius 3 is 2.82 bits per heavy atom. The Hall–Kier alpha value is -2.81. The highest BCUT2D eigenvalue weighted by Gasteiger charge is 2.18. The number of amides is 2. The molecule has 0 aliphatic carbocycles. The standard InChI is InChI=1S/C13H12N4O4S/c1-8(11(18)16-13-14-5-6-22-13)15-12(19)9-3-2-4-10(7-9)17(20)21/h2-8H,1H3,(H,15,19)(H,14,16,18)/t8-/m0/s1. The highest BCUT2D eigenvalue weighted by atomic mass is 32.1. The lowest BCUT2D eigenvalue weighted by molar-refractivity contribution is -0.384. The van der Waals surface area contributed by atoms with Crippen molar-refractivity contribution in [3.8, 4) is 0 Å². The number of aromatic nitrogens is 1. The van der Waals surface area contributed by atoms with Gasteiger partial charge in [-0.1, -0.05) is 6.07 Å². The summed E-state index contributed by atoms with van der Waals surface area (Å²) < 4.78 is 0. The van der Waals surface area contributed by atoms with Gasteiger partial charge in [-0.25, -0.2) is 4.98 Å². The van der Waals surface area contributed by atoms with Gasteiger partial charge in [0.1, 0.15) is 6.04 Å². The van der Waals surface area contributed by atoms with Crippen LogP contribution < -0.4 is 10.6 Å². The van der Waals surface area contributed by atoms with Crippen LogP contribution in [0.5, 0.6) is 0 Å². The zero-order valence-corrected chi connectivity index (χ0v) is 12.3. The van der Waals surface area contributed by atoms with Crippen LogP contribution in [-0.4, -0.2) is 27.8 Å². The maximum absolute atomic E-state index is 12.0. The fourth-order valence-electron chi connectivity index (χ4n) is 1.61. The molecule has 0 aliphatic heterocycles. The lowest BCUT2D eigenvalue weighted by Crippen LogP contribution is -2.41. The maximum Gasteiger partial charge on any atom is 0.270 e. The SMILES string of the molecule is C[C@H](NC(=O)c1cccc([N+](=O)[O-])c1)C(=O)Nc1nccs1. The molecule has 22 heavy (non-hydrogen) atoms. The van der Waals surface area contributed by atoms with E-state index in [0.29, 0.717) is 5.13 Å². The van der Waals surface area contributed by atoms with E-state index in [1.807, 2.05) is 0 Å². The molecule has 9 heteroatoms. The van der Waals surface area contributed by atoms with E-state index in [0.717, 1.165) is 6.07 Å². The van der Waals surface area contributed by atoms with Gasteiger partial charge < -0.3 is 10.6 Å². The monoisotopic (exact) mass is 320 g/mol. The molecule has 0 saturated carbocycles. The summed E-state index contributed by atoms with van der Waals surface area (Å²) in [5.74, 6) is -0.987. The third-order valence-electron chi connectivity index (χ3n) is 2.72. The molecule has 1 aromatic heterocycles. The Balaban J connectivity index is 2.00. The number of nitro groups is 1. The highest BCUT2D eigenvalue weighted by Crippen LogP contribution is 2.13. The van der Waals surface area contributed by atoms with Gasteiger partial charge in [0.25, 0.3) is 11.6 Å².